The molecule has 0 fully saturated rings. The highest BCUT2D eigenvalue weighted by Crippen LogP contribution is 2.19. The summed E-state index contributed by atoms with van der Waals surface area (Å²) in [5.74, 6) is 0.609. The SMILES string of the molecule is CCCCOCCOc1cccnc1Cl. The van der Waals surface area contributed by atoms with Gasteiger partial charge in [-0.3, -0.25) is 0 Å². The van der Waals surface area contributed by atoms with Gasteiger partial charge in [0.2, 0.25) is 0 Å². The lowest BCUT2D eigenvalue weighted by Gasteiger charge is -2.07. The van der Waals surface area contributed by atoms with Crippen LogP contribution in [0.5, 0.6) is 5.75 Å². The largest absolute Gasteiger partial charge is 0.488 e. The zero-order chi connectivity index (χ0) is 10.9. The van der Waals surface area contributed by atoms with Crippen LogP contribution in [0.25, 0.3) is 0 Å². The first-order valence-corrected chi connectivity index (χ1v) is 5.53. The van der Waals surface area contributed by atoms with E-state index in [0.29, 0.717) is 24.1 Å². The van der Waals surface area contributed by atoms with Crippen LogP contribution in [0.4, 0.5) is 0 Å². The van der Waals surface area contributed by atoms with Gasteiger partial charge in [-0.25, -0.2) is 4.98 Å². The van der Waals surface area contributed by atoms with Crippen molar-refractivity contribution in [2.45, 2.75) is 19.8 Å². The summed E-state index contributed by atoms with van der Waals surface area (Å²) in [5.41, 5.74) is 0. The molecule has 1 aromatic heterocycles. The molecule has 0 amide bonds. The molecule has 0 radical (unpaired) electrons. The topological polar surface area (TPSA) is 31.4 Å². The number of pyridine rings is 1. The Bertz CT molecular complexity index is 281. The molecular weight excluding hydrogens is 214 g/mol. The molecule has 0 atom stereocenters. The van der Waals surface area contributed by atoms with Gasteiger partial charge in [0.15, 0.2) is 10.9 Å². The van der Waals surface area contributed by atoms with Crippen LogP contribution in [-0.2, 0) is 4.74 Å². The van der Waals surface area contributed by atoms with Gasteiger partial charge in [-0.2, -0.15) is 0 Å². The summed E-state index contributed by atoms with van der Waals surface area (Å²) >= 11 is 5.81. The normalized spacial score (nSPS) is 10.3. The van der Waals surface area contributed by atoms with E-state index < -0.39 is 0 Å². The van der Waals surface area contributed by atoms with E-state index in [1.165, 1.54) is 0 Å². The van der Waals surface area contributed by atoms with Crippen molar-refractivity contribution < 1.29 is 9.47 Å². The standard InChI is InChI=1S/C11H16ClNO2/c1-2-3-7-14-8-9-15-10-5-4-6-13-11(10)12/h4-6H,2-3,7-9H2,1H3. The Morgan fingerprint density at radius 3 is 2.93 bits per heavy atom. The van der Waals surface area contributed by atoms with Crippen LogP contribution in [0, 0.1) is 0 Å². The van der Waals surface area contributed by atoms with Gasteiger partial charge in [0.1, 0.15) is 6.61 Å². The highest BCUT2D eigenvalue weighted by molar-refractivity contribution is 6.30. The number of nitrogens with zero attached hydrogens (tertiary/aromatic N) is 1. The molecule has 0 saturated carbocycles. The minimum absolute atomic E-state index is 0.394. The predicted octanol–water partition coefficient (Wildman–Crippen LogP) is 2.93. The van der Waals surface area contributed by atoms with Gasteiger partial charge in [0.25, 0.3) is 0 Å². The quantitative estimate of drug-likeness (QED) is 0.532. The maximum Gasteiger partial charge on any atom is 0.171 e. The first kappa shape index (κ1) is 12.3. The molecule has 0 aliphatic carbocycles. The van der Waals surface area contributed by atoms with Crippen molar-refractivity contribution in [3.63, 3.8) is 0 Å². The Kier molecular flexibility index (Phi) is 6.12. The van der Waals surface area contributed by atoms with E-state index in [4.69, 9.17) is 21.1 Å². The van der Waals surface area contributed by atoms with Gasteiger partial charge in [0.05, 0.1) is 6.61 Å². The number of hydrogen-bond donors (Lipinski definition) is 0. The van der Waals surface area contributed by atoms with E-state index in [-0.39, 0.29) is 0 Å². The van der Waals surface area contributed by atoms with E-state index in [2.05, 4.69) is 11.9 Å². The zero-order valence-electron chi connectivity index (χ0n) is 8.91. The number of ether oxygens (including phenoxy) is 2. The second-order valence-electron chi connectivity index (χ2n) is 3.11. The molecule has 0 aliphatic heterocycles. The van der Waals surface area contributed by atoms with Crippen molar-refractivity contribution in [1.29, 1.82) is 0 Å². The van der Waals surface area contributed by atoms with Crippen molar-refractivity contribution in [1.82, 2.24) is 4.98 Å². The van der Waals surface area contributed by atoms with Gasteiger partial charge in [-0.1, -0.05) is 24.9 Å². The second-order valence-corrected chi connectivity index (χ2v) is 3.46. The molecule has 1 heterocycles. The summed E-state index contributed by atoms with van der Waals surface area (Å²) < 4.78 is 10.7. The lowest BCUT2D eigenvalue weighted by molar-refractivity contribution is 0.0980. The van der Waals surface area contributed by atoms with Crippen molar-refractivity contribution in [3.8, 4) is 5.75 Å². The molecule has 0 aliphatic rings. The van der Waals surface area contributed by atoms with Gasteiger partial charge in [-0.05, 0) is 18.6 Å². The Morgan fingerprint density at radius 1 is 1.33 bits per heavy atom. The fourth-order valence-electron chi connectivity index (χ4n) is 1.04. The van der Waals surface area contributed by atoms with Crippen molar-refractivity contribution in [3.05, 3.63) is 23.5 Å². The monoisotopic (exact) mass is 229 g/mol. The van der Waals surface area contributed by atoms with Crippen molar-refractivity contribution >= 4 is 11.6 Å². The molecule has 0 spiro atoms. The molecule has 0 saturated heterocycles. The van der Waals surface area contributed by atoms with Crippen LogP contribution in [-0.4, -0.2) is 24.8 Å². The Morgan fingerprint density at radius 2 is 2.20 bits per heavy atom. The van der Waals surface area contributed by atoms with Crippen LogP contribution in [0.1, 0.15) is 19.8 Å². The van der Waals surface area contributed by atoms with Gasteiger partial charge in [0, 0.05) is 12.8 Å². The molecule has 1 aromatic rings. The van der Waals surface area contributed by atoms with Gasteiger partial charge in [-0.15, -0.1) is 0 Å². The smallest absolute Gasteiger partial charge is 0.171 e. The predicted molar refractivity (Wildman–Crippen MR) is 60.5 cm³/mol. The van der Waals surface area contributed by atoms with Crippen molar-refractivity contribution in [2.75, 3.05) is 19.8 Å². The molecule has 15 heavy (non-hydrogen) atoms. The molecule has 0 N–H and O–H groups in total. The maximum absolute atomic E-state index is 5.81. The minimum atomic E-state index is 0.394. The number of aromatic nitrogens is 1. The Hall–Kier alpha value is -0.800. The maximum atomic E-state index is 5.81. The third-order valence-electron chi connectivity index (χ3n) is 1.85. The van der Waals surface area contributed by atoms with Gasteiger partial charge < -0.3 is 9.47 Å². The molecular formula is C11H16ClNO2. The average Bonchev–Trinajstić information content (AvgIpc) is 2.25. The van der Waals surface area contributed by atoms with Crippen LogP contribution in [0.15, 0.2) is 18.3 Å². The molecule has 0 aromatic carbocycles. The van der Waals surface area contributed by atoms with Gasteiger partial charge >= 0.3 is 0 Å². The third kappa shape index (κ3) is 5.00. The molecule has 4 heteroatoms. The minimum Gasteiger partial charge on any atom is -0.488 e. The molecule has 84 valence electrons. The third-order valence-corrected chi connectivity index (χ3v) is 2.14. The summed E-state index contributed by atoms with van der Waals surface area (Å²) in [6, 6.07) is 3.58. The zero-order valence-corrected chi connectivity index (χ0v) is 9.67. The highest BCUT2D eigenvalue weighted by Gasteiger charge is 1.99. The lowest BCUT2D eigenvalue weighted by atomic mass is 10.4. The Labute approximate surface area is 95.4 Å². The van der Waals surface area contributed by atoms with Crippen molar-refractivity contribution in [2.24, 2.45) is 0 Å². The molecule has 1 rings (SSSR count). The first-order chi connectivity index (χ1) is 7.34. The highest BCUT2D eigenvalue weighted by atomic mass is 35.5. The molecule has 0 bridgehead atoms. The number of halogens is 1. The summed E-state index contributed by atoms with van der Waals surface area (Å²) in [5, 5.41) is 0.394. The van der Waals surface area contributed by atoms with E-state index in [1.54, 1.807) is 18.3 Å². The van der Waals surface area contributed by atoms with Crippen LogP contribution in [0.3, 0.4) is 0 Å². The lowest BCUT2D eigenvalue weighted by Crippen LogP contribution is -2.07. The number of unbranched alkanes of at least 4 members (excludes halogenated alkanes) is 1. The summed E-state index contributed by atoms with van der Waals surface area (Å²) in [6.45, 7) is 4.02. The Balaban J connectivity index is 2.12. The number of rotatable bonds is 7. The fourth-order valence-corrected chi connectivity index (χ4v) is 1.21. The fraction of sp³-hybridized carbons (Fsp3) is 0.545. The van der Waals surface area contributed by atoms with E-state index >= 15 is 0 Å². The molecule has 3 nitrogen and oxygen atoms in total. The van der Waals surface area contributed by atoms with Crippen LogP contribution in [0.2, 0.25) is 5.15 Å². The second kappa shape index (κ2) is 7.49. The van der Waals surface area contributed by atoms with Crippen LogP contribution < -0.4 is 4.74 Å². The first-order valence-electron chi connectivity index (χ1n) is 5.15. The van der Waals surface area contributed by atoms with Crippen LogP contribution >= 0.6 is 11.6 Å². The molecule has 0 unspecified atom stereocenters. The summed E-state index contributed by atoms with van der Waals surface area (Å²) in [4.78, 5) is 3.91. The van der Waals surface area contributed by atoms with E-state index in [0.717, 1.165) is 19.4 Å². The number of hydrogen-bond acceptors (Lipinski definition) is 3. The summed E-state index contributed by atoms with van der Waals surface area (Å²) in [6.07, 6.45) is 3.87. The average molecular weight is 230 g/mol. The van der Waals surface area contributed by atoms with E-state index in [1.807, 2.05) is 0 Å². The summed E-state index contributed by atoms with van der Waals surface area (Å²) in [7, 11) is 0. The van der Waals surface area contributed by atoms with E-state index in [9.17, 15) is 0 Å².